The van der Waals surface area contributed by atoms with Crippen LogP contribution in [0, 0.1) is 177 Å². The van der Waals surface area contributed by atoms with Crippen molar-refractivity contribution in [2.24, 2.45) is 5.41 Å². The van der Waals surface area contributed by atoms with Crippen molar-refractivity contribution in [3.05, 3.63) is 172 Å². The maximum Gasteiger partial charge on any atom is 0.294 e. The van der Waals surface area contributed by atoms with Crippen LogP contribution >= 0.6 is 0 Å². The summed E-state index contributed by atoms with van der Waals surface area (Å²) in [6.45, 7) is -9.29. The van der Waals surface area contributed by atoms with E-state index in [1.54, 1.807) is 0 Å². The lowest BCUT2D eigenvalue weighted by Crippen LogP contribution is -2.77. The summed E-state index contributed by atoms with van der Waals surface area (Å²) >= 11 is 0. The average Bonchev–Trinajstić information content (AvgIpc) is 1.50. The van der Waals surface area contributed by atoms with Crippen LogP contribution in [0.3, 0.4) is 0 Å². The molecule has 81 heteroatoms. The van der Waals surface area contributed by atoms with Gasteiger partial charge < -0.3 is 19.4 Å². The first-order valence-corrected chi connectivity index (χ1v) is 25.4. The van der Waals surface area contributed by atoms with Gasteiger partial charge in [0.15, 0.2) is 73.5 Å². The number of nitrogens with zero attached hydrogens (tertiary/aromatic N) is 39. The summed E-state index contributed by atoms with van der Waals surface area (Å²) in [5, 5.41) is 211. The molecule has 81 nitrogen and oxygen atoms in total. The van der Waals surface area contributed by atoms with Gasteiger partial charge in [-0.05, 0) is 10.4 Å². The Kier molecular flexibility index (Phi) is 24.6. The molecule has 4 N–H and O–H groups in total. The van der Waals surface area contributed by atoms with Gasteiger partial charge in [-0.1, -0.05) is 70.3 Å². The van der Waals surface area contributed by atoms with E-state index in [4.69, 9.17) is 0 Å². The molecular weight excluding hydrogens is 1490 g/mol. The zero-order valence-corrected chi connectivity index (χ0v) is 49.3. The highest BCUT2D eigenvalue weighted by Crippen LogP contribution is 2.51. The minimum absolute atomic E-state index is 0.120. The lowest BCUT2D eigenvalue weighted by atomic mass is 9.92. The lowest BCUT2D eigenvalue weighted by molar-refractivity contribution is -0.792. The Morgan fingerprint density at radius 1 is 0.317 bits per heavy atom. The minimum Gasteiger partial charge on any atom is -0.313 e. The molecule has 0 radical (unpaired) electrons. The van der Waals surface area contributed by atoms with Crippen LogP contribution in [0.5, 0.6) is 0 Å². The second-order valence-electron chi connectivity index (χ2n) is 18.9. The van der Waals surface area contributed by atoms with Crippen LogP contribution in [-0.4, -0.2) is 323 Å². The molecule has 0 atom stereocenters. The van der Waals surface area contributed by atoms with Crippen LogP contribution in [0.15, 0.2) is 0 Å². The zero-order chi connectivity index (χ0) is 78.1. The molecule has 7 saturated heterocycles. The van der Waals surface area contributed by atoms with Crippen LogP contribution in [0.25, 0.3) is 0 Å². The maximum absolute atomic E-state index is 11.7. The maximum atomic E-state index is 11.7. The Morgan fingerprint density at radius 3 is 0.692 bits per heavy atom. The molecule has 0 spiro atoms. The number of H-pyrrole nitrogens is 2. The number of rotatable bonds is 29. The van der Waals surface area contributed by atoms with Gasteiger partial charge in [0.25, 0.3) is 87.2 Å². The molecule has 3 aromatic rings. The van der Waals surface area contributed by atoms with E-state index in [-0.39, 0.29) is 68.9 Å². The monoisotopic (exact) mass is 1520 g/mol. The standard InChI is InChI=1S/C6H6N12O12.C5H9N7O8.C5H8N4O12.C4H4N14.C3H6N6O6/c19-13(20)7-1-2-8(14(21)22)5(7)6-9(15(23)24)3(11(1)17(27)28)4(10(6)16(25)26)12(2)18(29)30;13-9(14)5-1-6(10(15)16)3-8(12(19)20)4-7(2-5)11(17)18;10-6(11)18-1-5(2-19-7(12)13,3-20-8(14)15)4-21-9(16)17;5(3-11-15-16-12-3)1-7-9-2(10-8-1)6-4-13-17-18-14-4;10-7(11)4-1-5(8(12)13)3-6(2-4)9(14)15/h1-6H;5H,1-4H2;1-4H2;(H2,5,7,8,11,12,15,16)(H2,6,9,10,13,14,17,18);1-3H2. The van der Waals surface area contributed by atoms with Crippen LogP contribution in [-0.2, 0) is 19.4 Å². The van der Waals surface area contributed by atoms with Gasteiger partial charge in [-0.3, -0.25) is 20.7 Å². The number of hydrogen-bond donors (Lipinski definition) is 4. The van der Waals surface area contributed by atoms with E-state index in [2.05, 4.69) is 91.6 Å². The van der Waals surface area contributed by atoms with Gasteiger partial charge in [-0.15, -0.1) is 71.0 Å². The number of tetrazole rings is 2. The molecule has 3 aromatic heterocycles. The molecule has 7 fully saturated rings. The number of nitro groups is 13. The summed E-state index contributed by atoms with van der Waals surface area (Å²) in [5.41, 5.74) is -2.03. The molecule has 104 heavy (non-hydrogen) atoms. The Labute approximate surface area is 554 Å². The third-order valence-electron chi connectivity index (χ3n) is 12.9. The largest absolute Gasteiger partial charge is 0.313 e. The minimum atomic E-state index is -2.47. The van der Waals surface area contributed by atoms with Crippen molar-refractivity contribution in [2.45, 2.75) is 43.0 Å². The number of aromatic amines is 2. The quantitative estimate of drug-likeness (QED) is 0.0370. The highest BCUT2D eigenvalue weighted by Gasteiger charge is 2.89. The number of anilines is 4. The number of nitrogens with one attached hydrogen (secondary N) is 4. The molecule has 568 valence electrons. The fourth-order valence-electron chi connectivity index (χ4n) is 9.00. The van der Waals surface area contributed by atoms with Gasteiger partial charge in [-0.2, -0.15) is 10.4 Å². The van der Waals surface area contributed by atoms with Crippen molar-refractivity contribution >= 4 is 23.8 Å². The summed E-state index contributed by atoms with van der Waals surface area (Å²) in [4.78, 5) is 199. The normalized spacial score (nSPS) is 19.1. The Bertz CT molecular complexity index is 3320. The Hall–Kier alpha value is -16.7. The molecule has 0 amide bonds. The van der Waals surface area contributed by atoms with Crippen LogP contribution in [0.4, 0.5) is 23.8 Å². The fraction of sp³-hybridized carbons (Fsp3) is 0.826. The topological polar surface area (TPSA) is 994 Å². The highest BCUT2D eigenvalue weighted by molar-refractivity contribution is 5.42. The summed E-state index contributed by atoms with van der Waals surface area (Å²) in [7, 11) is 0. The van der Waals surface area contributed by atoms with Crippen molar-refractivity contribution in [1.29, 1.82) is 0 Å². The van der Waals surface area contributed by atoms with E-state index in [0.29, 0.717) is 15.0 Å². The second kappa shape index (κ2) is 32.8. The van der Waals surface area contributed by atoms with Crippen molar-refractivity contribution in [3.8, 4) is 0 Å². The molecule has 7 aliphatic rings. The van der Waals surface area contributed by atoms with Gasteiger partial charge in [0.2, 0.25) is 33.3 Å². The van der Waals surface area contributed by atoms with Crippen molar-refractivity contribution in [2.75, 3.05) is 83.5 Å². The lowest BCUT2D eigenvalue weighted by Gasteiger charge is -2.39. The summed E-state index contributed by atoms with van der Waals surface area (Å²) in [6, 6.07) is -1.61. The van der Waals surface area contributed by atoms with Gasteiger partial charge in [-0.25, -0.2) is 121 Å². The second-order valence-corrected chi connectivity index (χ2v) is 18.9. The first kappa shape index (κ1) is 78.0. The molecule has 10 rings (SSSR count). The number of hydrazine groups is 12. The highest BCUT2D eigenvalue weighted by atomic mass is 17.0. The van der Waals surface area contributed by atoms with E-state index >= 15 is 0 Å². The van der Waals surface area contributed by atoms with Crippen LogP contribution in [0.1, 0.15) is 0 Å². The molecule has 7 aliphatic heterocycles. The van der Waals surface area contributed by atoms with E-state index in [0.717, 1.165) is 0 Å². The van der Waals surface area contributed by atoms with E-state index in [1.165, 1.54) is 0 Å². The summed E-state index contributed by atoms with van der Waals surface area (Å²) in [5.74, 6) is 0.653. The van der Waals surface area contributed by atoms with E-state index in [1.807, 2.05) is 0 Å². The van der Waals surface area contributed by atoms with Crippen molar-refractivity contribution in [3.63, 3.8) is 0 Å². The fourth-order valence-corrected chi connectivity index (χ4v) is 9.00. The third kappa shape index (κ3) is 18.8. The first-order valence-electron chi connectivity index (χ1n) is 25.4. The number of aromatic nitrogens is 12. The molecule has 0 aliphatic carbocycles. The van der Waals surface area contributed by atoms with Gasteiger partial charge in [0.1, 0.15) is 26.4 Å². The zero-order valence-electron chi connectivity index (χ0n) is 49.3. The molecule has 6 bridgehead atoms. The predicted molar refractivity (Wildman–Crippen MR) is 280 cm³/mol. The Morgan fingerprint density at radius 2 is 0.529 bits per heavy atom. The van der Waals surface area contributed by atoms with Crippen LogP contribution in [0.2, 0.25) is 0 Å². The van der Waals surface area contributed by atoms with Gasteiger partial charge in [0, 0.05) is 4.92 Å². The predicted octanol–water partition coefficient (Wildman–Crippen LogP) is -11.1. The molecule has 0 unspecified atom stereocenters. The van der Waals surface area contributed by atoms with E-state index < -0.39 is 207 Å². The van der Waals surface area contributed by atoms with Gasteiger partial charge >= 0.3 is 0 Å². The van der Waals surface area contributed by atoms with Gasteiger partial charge in [0.05, 0.1) is 5.41 Å². The Balaban J connectivity index is 0.000000239. The average molecular weight is 1520 g/mol. The number of piperazine rings is 1. The summed E-state index contributed by atoms with van der Waals surface area (Å²) < 4.78 is 0. The van der Waals surface area contributed by atoms with Crippen molar-refractivity contribution in [1.82, 2.24) is 122 Å². The molecule has 0 aromatic carbocycles. The third-order valence-corrected chi connectivity index (χ3v) is 12.9. The SMILES string of the molecule is O=[N+]([O-])C1CN([N+](=O)[O-])CN([N+](=O)[O-])CN([N+](=O)[O-])C1.O=[N+]([O-])N1C2C3N([N+](=O)[O-])C1C1N([N+](=O)[O-])C(C(N1[N+](=O)[O-])N3[N+](=O)[O-])N2[N+](=O)[O-].O=[N+]([O-])N1CN([N+](=O)[O-])CN([N+](=O)[O-])C1.O=[N+]([O-])OCC(CO[N+](=O)[O-])(CO[N+](=O)[O-])CO[N+](=O)[O-].n1nc(Nc2nnc(Nc3nn[nH]n3)nn2)n[nH]1. The van der Waals surface area contributed by atoms with Crippen molar-refractivity contribution < 1.29 is 105 Å². The molecule has 10 heterocycles. The molecular formula is C23H33N43O38. The number of hydrogen-bond acceptors (Lipinski definition) is 50. The molecule has 0 saturated carbocycles. The smallest absolute Gasteiger partial charge is 0.294 e. The van der Waals surface area contributed by atoms with Crippen LogP contribution < -0.4 is 10.6 Å². The van der Waals surface area contributed by atoms with E-state index in [9.17, 15) is 172 Å². The summed E-state index contributed by atoms with van der Waals surface area (Å²) in [6.07, 6.45) is -14.4. The first-order chi connectivity index (χ1) is 48.6.